The Morgan fingerprint density at radius 1 is 1.31 bits per heavy atom. The van der Waals surface area contributed by atoms with Gasteiger partial charge in [0.1, 0.15) is 0 Å². The third-order valence-corrected chi connectivity index (χ3v) is 2.18. The summed E-state index contributed by atoms with van der Waals surface area (Å²) in [5.74, 6) is 0. The van der Waals surface area contributed by atoms with E-state index in [1.54, 1.807) is 0 Å². The monoisotopic (exact) mass is 179 g/mol. The highest BCUT2D eigenvalue weighted by Crippen LogP contribution is 2.15. The molecule has 0 saturated heterocycles. The lowest BCUT2D eigenvalue weighted by atomic mass is 10.0. The first kappa shape index (κ1) is 10.2. The minimum absolute atomic E-state index is 0.0627. The van der Waals surface area contributed by atoms with E-state index in [2.05, 4.69) is 31.2 Å². The Morgan fingerprint density at radius 2 is 1.92 bits per heavy atom. The first-order chi connectivity index (χ1) is 6.24. The van der Waals surface area contributed by atoms with E-state index in [1.807, 2.05) is 0 Å². The van der Waals surface area contributed by atoms with Crippen LogP contribution in [0.3, 0.4) is 0 Å². The van der Waals surface area contributed by atoms with E-state index in [-0.39, 0.29) is 12.6 Å². The summed E-state index contributed by atoms with van der Waals surface area (Å²) in [5.41, 5.74) is 8.32. The molecule has 0 amide bonds. The average Bonchev–Trinajstić information content (AvgIpc) is 2.15. The van der Waals surface area contributed by atoms with Crippen molar-refractivity contribution >= 4 is 0 Å². The van der Waals surface area contributed by atoms with Gasteiger partial charge < -0.3 is 10.8 Å². The second-order valence-electron chi connectivity index (χ2n) is 3.38. The molecule has 0 aliphatic carbocycles. The predicted octanol–water partition coefficient (Wildman–Crippen LogP) is 1.77. The normalized spacial score (nSPS) is 12.8. The number of aliphatic hydroxyl groups is 1. The molecule has 0 aliphatic heterocycles. The van der Waals surface area contributed by atoms with Gasteiger partial charge in [-0.3, -0.25) is 0 Å². The Morgan fingerprint density at radius 3 is 2.46 bits per heavy atom. The van der Waals surface area contributed by atoms with Gasteiger partial charge in [-0.2, -0.15) is 0 Å². The molecule has 0 saturated carbocycles. The minimum Gasteiger partial charge on any atom is -0.396 e. The maximum Gasteiger partial charge on any atom is 0.0431 e. The van der Waals surface area contributed by atoms with Gasteiger partial charge in [0.25, 0.3) is 0 Å². The number of aliphatic hydroxyl groups excluding tert-OH is 1. The van der Waals surface area contributed by atoms with Gasteiger partial charge in [0.05, 0.1) is 0 Å². The van der Waals surface area contributed by atoms with Gasteiger partial charge in [0.2, 0.25) is 0 Å². The molecule has 3 N–H and O–H groups in total. The minimum atomic E-state index is 0.0627. The van der Waals surface area contributed by atoms with Crippen molar-refractivity contribution in [2.24, 2.45) is 5.73 Å². The number of hydrogen-bond donors (Lipinski definition) is 2. The summed E-state index contributed by atoms with van der Waals surface area (Å²) < 4.78 is 0. The molecule has 0 heterocycles. The molecule has 13 heavy (non-hydrogen) atoms. The molecule has 0 radical (unpaired) electrons. The summed E-state index contributed by atoms with van der Waals surface area (Å²) >= 11 is 0. The molecular weight excluding hydrogens is 162 g/mol. The van der Waals surface area contributed by atoms with Gasteiger partial charge in [-0.1, -0.05) is 29.8 Å². The zero-order valence-electron chi connectivity index (χ0n) is 8.03. The highest BCUT2D eigenvalue weighted by atomic mass is 16.2. The van der Waals surface area contributed by atoms with Gasteiger partial charge in [-0.25, -0.2) is 0 Å². The number of benzene rings is 1. The van der Waals surface area contributed by atoms with Crippen LogP contribution >= 0.6 is 0 Å². The fraction of sp³-hybridized carbons (Fsp3) is 0.455. The third-order valence-electron chi connectivity index (χ3n) is 2.18. The van der Waals surface area contributed by atoms with E-state index >= 15 is 0 Å². The lowest BCUT2D eigenvalue weighted by molar-refractivity contribution is 0.280. The van der Waals surface area contributed by atoms with Crippen molar-refractivity contribution in [1.82, 2.24) is 0 Å². The van der Waals surface area contributed by atoms with E-state index in [0.717, 1.165) is 18.4 Å². The van der Waals surface area contributed by atoms with Crippen LogP contribution in [-0.4, -0.2) is 11.7 Å². The Balaban J connectivity index is 2.55. The molecule has 2 heteroatoms. The standard InChI is InChI=1S/C11H17NO/c1-9-4-6-10(7-5-9)11(12)3-2-8-13/h4-7,11,13H,2-3,8,12H2,1H3. The van der Waals surface area contributed by atoms with E-state index < -0.39 is 0 Å². The van der Waals surface area contributed by atoms with Crippen LogP contribution in [0.15, 0.2) is 24.3 Å². The van der Waals surface area contributed by atoms with E-state index in [4.69, 9.17) is 10.8 Å². The Hall–Kier alpha value is -0.860. The lowest BCUT2D eigenvalue weighted by Crippen LogP contribution is -2.10. The van der Waals surface area contributed by atoms with Gasteiger partial charge in [-0.05, 0) is 25.3 Å². The lowest BCUT2D eigenvalue weighted by Gasteiger charge is -2.10. The van der Waals surface area contributed by atoms with Crippen molar-refractivity contribution in [1.29, 1.82) is 0 Å². The summed E-state index contributed by atoms with van der Waals surface area (Å²) in [4.78, 5) is 0. The molecule has 0 aliphatic rings. The molecule has 1 aromatic rings. The van der Waals surface area contributed by atoms with Crippen molar-refractivity contribution in [2.75, 3.05) is 6.61 Å². The van der Waals surface area contributed by atoms with Gasteiger partial charge >= 0.3 is 0 Å². The summed E-state index contributed by atoms with van der Waals surface area (Å²) in [6, 6.07) is 8.30. The summed E-state index contributed by atoms with van der Waals surface area (Å²) in [6.45, 7) is 2.28. The van der Waals surface area contributed by atoms with Crippen molar-refractivity contribution in [3.8, 4) is 0 Å². The van der Waals surface area contributed by atoms with Crippen LogP contribution in [0.4, 0.5) is 0 Å². The second kappa shape index (κ2) is 5.00. The van der Waals surface area contributed by atoms with Crippen molar-refractivity contribution in [3.63, 3.8) is 0 Å². The largest absolute Gasteiger partial charge is 0.396 e. The van der Waals surface area contributed by atoms with Crippen molar-refractivity contribution < 1.29 is 5.11 Å². The van der Waals surface area contributed by atoms with E-state index in [0.29, 0.717) is 0 Å². The predicted molar refractivity (Wildman–Crippen MR) is 54.4 cm³/mol. The van der Waals surface area contributed by atoms with Crippen LogP contribution in [0.25, 0.3) is 0 Å². The molecule has 72 valence electrons. The van der Waals surface area contributed by atoms with Crippen LogP contribution in [-0.2, 0) is 0 Å². The molecule has 1 unspecified atom stereocenters. The molecule has 1 atom stereocenters. The van der Waals surface area contributed by atoms with Crippen LogP contribution < -0.4 is 5.73 Å². The van der Waals surface area contributed by atoms with Gasteiger partial charge in [0.15, 0.2) is 0 Å². The maximum absolute atomic E-state index is 8.65. The zero-order chi connectivity index (χ0) is 9.68. The first-order valence-corrected chi connectivity index (χ1v) is 4.67. The van der Waals surface area contributed by atoms with Crippen LogP contribution in [0.1, 0.15) is 30.0 Å². The van der Waals surface area contributed by atoms with Gasteiger partial charge in [0, 0.05) is 12.6 Å². The third kappa shape index (κ3) is 3.17. The molecule has 0 fully saturated rings. The van der Waals surface area contributed by atoms with Gasteiger partial charge in [-0.15, -0.1) is 0 Å². The Labute approximate surface area is 79.4 Å². The topological polar surface area (TPSA) is 46.2 Å². The number of nitrogens with two attached hydrogens (primary N) is 1. The average molecular weight is 179 g/mol. The molecule has 2 nitrogen and oxygen atoms in total. The fourth-order valence-corrected chi connectivity index (χ4v) is 1.29. The van der Waals surface area contributed by atoms with Crippen molar-refractivity contribution in [3.05, 3.63) is 35.4 Å². The molecule has 0 spiro atoms. The Kier molecular flexibility index (Phi) is 3.93. The smallest absolute Gasteiger partial charge is 0.0431 e. The van der Waals surface area contributed by atoms with Crippen molar-refractivity contribution in [2.45, 2.75) is 25.8 Å². The number of aryl methyl sites for hydroxylation is 1. The summed E-state index contributed by atoms with van der Waals surface area (Å²) in [7, 11) is 0. The summed E-state index contributed by atoms with van der Waals surface area (Å²) in [6.07, 6.45) is 1.62. The highest BCUT2D eigenvalue weighted by Gasteiger charge is 2.03. The zero-order valence-corrected chi connectivity index (χ0v) is 8.03. The van der Waals surface area contributed by atoms with E-state index in [1.165, 1.54) is 5.56 Å². The molecular formula is C11H17NO. The van der Waals surface area contributed by atoms with Crippen LogP contribution in [0.5, 0.6) is 0 Å². The second-order valence-corrected chi connectivity index (χ2v) is 3.38. The molecule has 1 rings (SSSR count). The Bertz CT molecular complexity index is 243. The van der Waals surface area contributed by atoms with Crippen LogP contribution in [0, 0.1) is 6.92 Å². The molecule has 0 bridgehead atoms. The maximum atomic E-state index is 8.65. The summed E-state index contributed by atoms with van der Waals surface area (Å²) in [5, 5.41) is 8.65. The number of hydrogen-bond acceptors (Lipinski definition) is 2. The SMILES string of the molecule is Cc1ccc(C(N)CCCO)cc1. The highest BCUT2D eigenvalue weighted by molar-refractivity contribution is 5.23. The van der Waals surface area contributed by atoms with E-state index in [9.17, 15) is 0 Å². The molecule has 0 aromatic heterocycles. The first-order valence-electron chi connectivity index (χ1n) is 4.67. The quantitative estimate of drug-likeness (QED) is 0.740. The fourth-order valence-electron chi connectivity index (χ4n) is 1.29. The molecule has 1 aromatic carbocycles. The van der Waals surface area contributed by atoms with Crippen LogP contribution in [0.2, 0.25) is 0 Å². The number of rotatable bonds is 4.